The van der Waals surface area contributed by atoms with E-state index in [-0.39, 0.29) is 61.4 Å². The van der Waals surface area contributed by atoms with Gasteiger partial charge >= 0.3 is 11.9 Å². The van der Waals surface area contributed by atoms with Crippen LogP contribution in [-0.2, 0) is 55.1 Å². The third kappa shape index (κ3) is 4.85. The van der Waals surface area contributed by atoms with Gasteiger partial charge in [0.15, 0.2) is 0 Å². The summed E-state index contributed by atoms with van der Waals surface area (Å²) in [4.78, 5) is 56.0. The van der Waals surface area contributed by atoms with Gasteiger partial charge < -0.3 is 38.2 Å². The van der Waals surface area contributed by atoms with Crippen LogP contribution in [-0.4, -0.2) is 95.1 Å². The average molecular weight is 668 g/mol. The van der Waals surface area contributed by atoms with E-state index in [0.717, 1.165) is 11.3 Å². The summed E-state index contributed by atoms with van der Waals surface area (Å²) in [5, 5.41) is 2.44. The standard InChI is InChI=1S/C35H45N3O10/c1-18-27(32(42)36-19(2)39)35(45-14-15-46-35)33(5)24(30(18)38(8)9)17-22-16-23-25(37(6)7)10-11-26(47-20(3)40)29(23)34(43-12-13-44-34)28(22)31(33)48-21(4)41/h10-11,22,24,30H,12-17H2,1-9H3,(H,36,39,42)/t22-,24-,30+,33+/m0/s1. The molecule has 48 heavy (non-hydrogen) atoms. The second kappa shape index (κ2) is 12.1. The summed E-state index contributed by atoms with van der Waals surface area (Å²) in [7, 11) is 7.76. The molecule has 2 spiro atoms. The van der Waals surface area contributed by atoms with Crippen LogP contribution in [0, 0.1) is 17.3 Å². The van der Waals surface area contributed by atoms with Crippen LogP contribution < -0.4 is 15.0 Å². The van der Waals surface area contributed by atoms with E-state index in [1.807, 2.05) is 57.9 Å². The number of hydrogen-bond donors (Lipinski definition) is 1. The van der Waals surface area contributed by atoms with Crippen molar-refractivity contribution in [2.75, 3.05) is 59.5 Å². The van der Waals surface area contributed by atoms with Crippen molar-refractivity contribution in [2.45, 2.75) is 65.1 Å². The maximum Gasteiger partial charge on any atom is 0.308 e. The predicted octanol–water partition coefficient (Wildman–Crippen LogP) is 2.56. The fourth-order valence-corrected chi connectivity index (χ4v) is 9.10. The zero-order chi connectivity index (χ0) is 34.9. The molecule has 0 radical (unpaired) electrons. The van der Waals surface area contributed by atoms with Gasteiger partial charge in [0.2, 0.25) is 17.5 Å². The highest BCUT2D eigenvalue weighted by atomic mass is 16.7. The molecule has 0 aromatic heterocycles. The minimum Gasteiger partial charge on any atom is -0.430 e. The number of imide groups is 1. The molecule has 13 nitrogen and oxygen atoms in total. The monoisotopic (exact) mass is 667 g/mol. The number of benzene rings is 1. The number of fused-ring (bicyclic) bond motifs is 6. The Morgan fingerprint density at radius 1 is 0.896 bits per heavy atom. The maximum absolute atomic E-state index is 14.0. The number of anilines is 1. The number of nitrogens with zero attached hydrogens (tertiary/aromatic N) is 2. The van der Waals surface area contributed by atoms with Crippen molar-refractivity contribution in [2.24, 2.45) is 17.3 Å². The Hall–Kier alpha value is -3.62. The van der Waals surface area contributed by atoms with Crippen molar-refractivity contribution in [1.82, 2.24) is 10.2 Å². The molecule has 0 saturated carbocycles. The molecule has 0 unspecified atom stereocenters. The van der Waals surface area contributed by atoms with Gasteiger partial charge in [0.25, 0.3) is 5.91 Å². The molecule has 3 aliphatic carbocycles. The summed E-state index contributed by atoms with van der Waals surface area (Å²) >= 11 is 0. The highest BCUT2D eigenvalue weighted by Gasteiger charge is 2.73. The van der Waals surface area contributed by atoms with Crippen molar-refractivity contribution in [1.29, 1.82) is 0 Å². The number of esters is 2. The molecule has 2 amide bonds. The normalized spacial score (nSPS) is 28.2. The molecule has 5 aliphatic rings. The second-order valence-electron chi connectivity index (χ2n) is 13.8. The Morgan fingerprint density at radius 2 is 1.50 bits per heavy atom. The van der Waals surface area contributed by atoms with Gasteiger partial charge in [-0.25, -0.2) is 0 Å². The lowest BCUT2D eigenvalue weighted by molar-refractivity contribution is -0.243. The van der Waals surface area contributed by atoms with E-state index in [1.54, 1.807) is 6.07 Å². The first-order chi connectivity index (χ1) is 22.6. The fourth-order valence-electron chi connectivity index (χ4n) is 9.10. The van der Waals surface area contributed by atoms with Gasteiger partial charge in [-0.2, -0.15) is 0 Å². The van der Waals surface area contributed by atoms with E-state index < -0.39 is 40.7 Å². The minimum atomic E-state index is -1.74. The first kappa shape index (κ1) is 34.3. The Morgan fingerprint density at radius 3 is 2.04 bits per heavy atom. The summed E-state index contributed by atoms with van der Waals surface area (Å²) in [5.74, 6) is -5.69. The highest BCUT2D eigenvalue weighted by Crippen LogP contribution is 2.68. The minimum absolute atomic E-state index is 0.158. The lowest BCUT2D eigenvalue weighted by atomic mass is 9.50. The molecule has 13 heteroatoms. The molecule has 1 N–H and O–H groups in total. The van der Waals surface area contributed by atoms with Crippen LogP contribution in [0.25, 0.3) is 0 Å². The van der Waals surface area contributed by atoms with Gasteiger partial charge in [-0.15, -0.1) is 0 Å². The quantitative estimate of drug-likeness (QED) is 0.364. The largest absolute Gasteiger partial charge is 0.430 e. The number of hydrogen-bond acceptors (Lipinski definition) is 12. The first-order valence-electron chi connectivity index (χ1n) is 16.3. The van der Waals surface area contributed by atoms with Gasteiger partial charge in [-0.1, -0.05) is 0 Å². The smallest absolute Gasteiger partial charge is 0.308 e. The SMILES string of the molecule is CC(=O)NC(=O)C1=C(C)[C@@H](N(C)C)[C@@H]2C[C@@H]3Cc4c(N(C)C)ccc(OC(C)=O)c4C4(OCCO4)C3=C(OC(C)=O)[C@]2(C)C12OCCO2. The molecule has 6 rings (SSSR count). The molecule has 0 bridgehead atoms. The average Bonchev–Trinajstić information content (AvgIpc) is 3.65. The van der Waals surface area contributed by atoms with E-state index >= 15 is 0 Å². The third-order valence-electron chi connectivity index (χ3n) is 10.5. The highest BCUT2D eigenvalue weighted by molar-refractivity contribution is 6.05. The predicted molar refractivity (Wildman–Crippen MR) is 171 cm³/mol. The number of rotatable bonds is 5. The van der Waals surface area contributed by atoms with E-state index in [4.69, 9.17) is 28.4 Å². The number of carbonyl (C=O) groups is 4. The van der Waals surface area contributed by atoms with Gasteiger partial charge in [-0.05, 0) is 75.9 Å². The Balaban J connectivity index is 1.74. The van der Waals surface area contributed by atoms with Crippen LogP contribution in [0.4, 0.5) is 5.69 Å². The Bertz CT molecular complexity index is 1630. The number of carbonyl (C=O) groups excluding carboxylic acids is 4. The zero-order valence-corrected chi connectivity index (χ0v) is 29.1. The molecule has 2 saturated heterocycles. The number of ether oxygens (including phenoxy) is 6. The van der Waals surface area contributed by atoms with Crippen molar-refractivity contribution >= 4 is 29.4 Å². The number of amides is 2. The topological polar surface area (TPSA) is 142 Å². The first-order valence-corrected chi connectivity index (χ1v) is 16.3. The molecule has 2 fully saturated rings. The molecule has 2 heterocycles. The fraction of sp³-hybridized carbons (Fsp3) is 0.600. The lowest BCUT2D eigenvalue weighted by Crippen LogP contribution is -2.67. The number of likely N-dealkylation sites (N-methyl/N-ethyl adjacent to an activating group) is 1. The van der Waals surface area contributed by atoms with E-state index in [0.29, 0.717) is 29.6 Å². The van der Waals surface area contributed by atoms with Crippen molar-refractivity contribution in [3.63, 3.8) is 0 Å². The summed E-state index contributed by atoms with van der Waals surface area (Å²) in [6, 6.07) is 3.29. The molecule has 2 aliphatic heterocycles. The Labute approximate surface area is 280 Å². The van der Waals surface area contributed by atoms with Gasteiger partial charge in [0.05, 0.1) is 43.0 Å². The van der Waals surface area contributed by atoms with Crippen molar-refractivity contribution in [3.8, 4) is 5.75 Å². The summed E-state index contributed by atoms with van der Waals surface area (Å²) < 4.78 is 38.5. The van der Waals surface area contributed by atoms with Crippen LogP contribution >= 0.6 is 0 Å². The molecule has 260 valence electrons. The Kier molecular flexibility index (Phi) is 8.60. The van der Waals surface area contributed by atoms with Crippen molar-refractivity contribution in [3.05, 3.63) is 45.7 Å². The van der Waals surface area contributed by atoms with Crippen LogP contribution in [0.5, 0.6) is 5.75 Å². The van der Waals surface area contributed by atoms with Gasteiger partial charge in [0.1, 0.15) is 11.5 Å². The number of nitrogens with one attached hydrogen (secondary N) is 1. The van der Waals surface area contributed by atoms with Crippen molar-refractivity contribution < 1.29 is 47.6 Å². The van der Waals surface area contributed by atoms with E-state index in [9.17, 15) is 19.2 Å². The summed E-state index contributed by atoms with van der Waals surface area (Å²) in [6.45, 7) is 8.46. The molecular weight excluding hydrogens is 622 g/mol. The molecule has 1 aromatic carbocycles. The maximum atomic E-state index is 14.0. The van der Waals surface area contributed by atoms with E-state index in [2.05, 4.69) is 5.32 Å². The van der Waals surface area contributed by atoms with E-state index in [1.165, 1.54) is 20.8 Å². The molecular formula is C35H45N3O10. The molecule has 1 aromatic rings. The lowest BCUT2D eigenvalue weighted by Gasteiger charge is -2.61. The van der Waals surface area contributed by atoms with Gasteiger partial charge in [-0.3, -0.25) is 24.5 Å². The summed E-state index contributed by atoms with van der Waals surface area (Å²) in [5.41, 5.74) is 2.43. The third-order valence-corrected chi connectivity index (χ3v) is 10.5. The zero-order valence-electron chi connectivity index (χ0n) is 29.1. The second-order valence-corrected chi connectivity index (χ2v) is 13.8. The van der Waals surface area contributed by atoms with Crippen LogP contribution in [0.1, 0.15) is 52.2 Å². The van der Waals surface area contributed by atoms with Gasteiger partial charge in [0, 0.05) is 52.2 Å². The molecule has 4 atom stereocenters. The van der Waals surface area contributed by atoms with Crippen LogP contribution in [0.2, 0.25) is 0 Å². The van der Waals surface area contributed by atoms with Crippen LogP contribution in [0.3, 0.4) is 0 Å². The van der Waals surface area contributed by atoms with Crippen LogP contribution in [0.15, 0.2) is 34.6 Å². The summed E-state index contributed by atoms with van der Waals surface area (Å²) in [6.07, 6.45) is 1.04.